The molecule has 71 valence electrons. The van der Waals surface area contributed by atoms with Gasteiger partial charge in [-0.2, -0.15) is 0 Å². The third-order valence-electron chi connectivity index (χ3n) is 2.10. The monoisotopic (exact) mass is 177 g/mol. The van der Waals surface area contributed by atoms with Gasteiger partial charge in [-0.25, -0.2) is 0 Å². The highest BCUT2D eigenvalue weighted by molar-refractivity contribution is 5.25. The van der Waals surface area contributed by atoms with Gasteiger partial charge in [0, 0.05) is 0 Å². The number of aryl methyl sites for hydroxylation is 1. The lowest BCUT2D eigenvalue weighted by molar-refractivity contribution is 0.475. The van der Waals surface area contributed by atoms with Crippen LogP contribution in [0.1, 0.15) is 31.7 Å². The number of hydrogen-bond acceptors (Lipinski definition) is 1. The molecule has 0 amide bonds. The van der Waals surface area contributed by atoms with Gasteiger partial charge in [-0.1, -0.05) is 25.5 Å². The van der Waals surface area contributed by atoms with E-state index in [-0.39, 0.29) is 0 Å². The average Bonchev–Trinajstić information content (AvgIpc) is 2.15. The first kappa shape index (κ1) is 10.1. The molecule has 1 heteroatoms. The number of unbranched alkanes of at least 4 members (excludes halogenated alkanes) is 3. The van der Waals surface area contributed by atoms with E-state index >= 15 is 0 Å². The van der Waals surface area contributed by atoms with Crippen molar-refractivity contribution in [3.63, 3.8) is 0 Å². The topological polar surface area (TPSA) is 20.2 Å². The molecule has 1 rings (SSSR count). The predicted molar refractivity (Wildman–Crippen MR) is 55.6 cm³/mol. The minimum absolute atomic E-state index is 0.351. The summed E-state index contributed by atoms with van der Waals surface area (Å²) in [5, 5.41) is 9.06. The van der Waals surface area contributed by atoms with E-state index in [1.807, 2.05) is 12.1 Å². The minimum atomic E-state index is 0.351. The number of benzene rings is 1. The second-order valence-electron chi connectivity index (χ2n) is 3.26. The Bertz CT molecular complexity index is 225. The molecule has 0 aromatic heterocycles. The van der Waals surface area contributed by atoms with Crippen LogP contribution in [0.2, 0.25) is 0 Å². The molecule has 0 bridgehead atoms. The summed E-state index contributed by atoms with van der Waals surface area (Å²) < 4.78 is 0. The predicted octanol–water partition coefficient (Wildman–Crippen LogP) is 3.33. The molecular formula is C12H17O. The Morgan fingerprint density at radius 2 is 1.92 bits per heavy atom. The molecule has 0 spiro atoms. The van der Waals surface area contributed by atoms with Crippen LogP contribution < -0.4 is 0 Å². The number of phenols is 1. The average molecular weight is 177 g/mol. The Morgan fingerprint density at radius 3 is 2.54 bits per heavy atom. The van der Waals surface area contributed by atoms with E-state index in [0.29, 0.717) is 5.75 Å². The Labute approximate surface area is 80.4 Å². The van der Waals surface area contributed by atoms with Crippen LogP contribution in [0.4, 0.5) is 0 Å². The zero-order valence-corrected chi connectivity index (χ0v) is 8.16. The van der Waals surface area contributed by atoms with E-state index in [9.17, 15) is 0 Å². The quantitative estimate of drug-likeness (QED) is 0.684. The van der Waals surface area contributed by atoms with E-state index in [1.54, 1.807) is 12.1 Å². The zero-order valence-electron chi connectivity index (χ0n) is 8.16. The van der Waals surface area contributed by atoms with Gasteiger partial charge < -0.3 is 5.11 Å². The van der Waals surface area contributed by atoms with Gasteiger partial charge >= 0.3 is 0 Å². The van der Waals surface area contributed by atoms with Crippen LogP contribution >= 0.6 is 0 Å². The van der Waals surface area contributed by atoms with E-state index in [1.165, 1.54) is 18.4 Å². The molecule has 0 fully saturated rings. The number of phenolic OH excluding ortho intramolecular Hbond substituents is 1. The molecule has 0 saturated carbocycles. The van der Waals surface area contributed by atoms with Gasteiger partial charge in [0.2, 0.25) is 0 Å². The molecule has 1 nitrogen and oxygen atoms in total. The first-order valence-electron chi connectivity index (χ1n) is 4.92. The van der Waals surface area contributed by atoms with Gasteiger partial charge in [-0.15, -0.1) is 0 Å². The first-order chi connectivity index (χ1) is 6.33. The summed E-state index contributed by atoms with van der Waals surface area (Å²) in [7, 11) is 0. The molecular weight excluding hydrogens is 160 g/mol. The molecule has 0 heterocycles. The van der Waals surface area contributed by atoms with Crippen molar-refractivity contribution in [1.29, 1.82) is 0 Å². The second kappa shape index (κ2) is 5.63. The largest absolute Gasteiger partial charge is 0.508 e. The molecule has 0 aliphatic rings. The maximum atomic E-state index is 9.06. The summed E-state index contributed by atoms with van der Waals surface area (Å²) in [6.07, 6.45) is 6.97. The normalized spacial score (nSPS) is 10.2. The Balaban J connectivity index is 2.25. The van der Waals surface area contributed by atoms with Gasteiger partial charge in [0.05, 0.1) is 0 Å². The SMILES string of the molecule is CC[CH]CCCc1ccc(O)cc1. The van der Waals surface area contributed by atoms with Crippen LogP contribution in [0.5, 0.6) is 5.75 Å². The standard InChI is InChI=1S/C12H17O/c1-2-3-4-5-6-11-7-9-12(13)10-8-11/h3,7-10,13H,2,4-6H2,1H3. The summed E-state index contributed by atoms with van der Waals surface area (Å²) in [5.74, 6) is 0.351. The lowest BCUT2D eigenvalue weighted by Gasteiger charge is -2.00. The van der Waals surface area contributed by atoms with E-state index in [2.05, 4.69) is 13.3 Å². The van der Waals surface area contributed by atoms with Gasteiger partial charge in [0.25, 0.3) is 0 Å². The third kappa shape index (κ3) is 3.97. The highest BCUT2D eigenvalue weighted by Crippen LogP contribution is 2.12. The van der Waals surface area contributed by atoms with Gasteiger partial charge in [0.1, 0.15) is 5.75 Å². The number of rotatable bonds is 5. The molecule has 0 unspecified atom stereocenters. The lowest BCUT2D eigenvalue weighted by atomic mass is 10.1. The summed E-state index contributed by atoms with van der Waals surface area (Å²) in [6.45, 7) is 2.17. The summed E-state index contributed by atoms with van der Waals surface area (Å²) in [5.41, 5.74) is 1.31. The van der Waals surface area contributed by atoms with Crippen molar-refractivity contribution in [1.82, 2.24) is 0 Å². The Hall–Kier alpha value is -0.980. The number of aromatic hydroxyl groups is 1. The van der Waals surface area contributed by atoms with Gasteiger partial charge in [0.15, 0.2) is 0 Å². The first-order valence-corrected chi connectivity index (χ1v) is 4.92. The summed E-state index contributed by atoms with van der Waals surface area (Å²) >= 11 is 0. The Kier molecular flexibility index (Phi) is 4.37. The summed E-state index contributed by atoms with van der Waals surface area (Å²) in [4.78, 5) is 0. The fourth-order valence-corrected chi connectivity index (χ4v) is 1.32. The van der Waals surface area contributed by atoms with Gasteiger partial charge in [-0.3, -0.25) is 0 Å². The van der Waals surface area contributed by atoms with Gasteiger partial charge in [-0.05, 0) is 43.4 Å². The molecule has 0 atom stereocenters. The molecule has 1 radical (unpaired) electrons. The fraction of sp³-hybridized carbons (Fsp3) is 0.417. The maximum absolute atomic E-state index is 9.06. The van der Waals surface area contributed by atoms with Crippen molar-refractivity contribution < 1.29 is 5.11 Å². The lowest BCUT2D eigenvalue weighted by Crippen LogP contribution is -1.85. The number of hydrogen-bond donors (Lipinski definition) is 1. The molecule has 1 aromatic carbocycles. The van der Waals surface area contributed by atoms with Crippen molar-refractivity contribution in [3.8, 4) is 5.75 Å². The maximum Gasteiger partial charge on any atom is 0.115 e. The van der Waals surface area contributed by atoms with Crippen LogP contribution in [-0.2, 0) is 6.42 Å². The highest BCUT2D eigenvalue weighted by Gasteiger charge is 1.93. The molecule has 0 saturated heterocycles. The Morgan fingerprint density at radius 1 is 1.23 bits per heavy atom. The molecule has 1 aromatic rings. The van der Waals surface area contributed by atoms with Crippen LogP contribution in [0.3, 0.4) is 0 Å². The molecule has 13 heavy (non-hydrogen) atoms. The highest BCUT2D eigenvalue weighted by atomic mass is 16.3. The van der Waals surface area contributed by atoms with E-state index < -0.39 is 0 Å². The van der Waals surface area contributed by atoms with E-state index in [4.69, 9.17) is 5.11 Å². The van der Waals surface area contributed by atoms with Crippen LogP contribution in [0.15, 0.2) is 24.3 Å². The molecule has 0 aliphatic heterocycles. The zero-order chi connectivity index (χ0) is 9.52. The molecule has 1 N–H and O–H groups in total. The minimum Gasteiger partial charge on any atom is -0.508 e. The molecule has 0 aliphatic carbocycles. The second-order valence-corrected chi connectivity index (χ2v) is 3.26. The fourth-order valence-electron chi connectivity index (χ4n) is 1.32. The smallest absolute Gasteiger partial charge is 0.115 e. The van der Waals surface area contributed by atoms with E-state index in [0.717, 1.165) is 12.8 Å². The van der Waals surface area contributed by atoms with Crippen molar-refractivity contribution in [2.45, 2.75) is 32.6 Å². The van der Waals surface area contributed by atoms with Crippen molar-refractivity contribution in [2.24, 2.45) is 0 Å². The van der Waals surface area contributed by atoms with Crippen molar-refractivity contribution in [3.05, 3.63) is 36.2 Å². The van der Waals surface area contributed by atoms with Crippen LogP contribution in [0, 0.1) is 6.42 Å². The van der Waals surface area contributed by atoms with Crippen LogP contribution in [0.25, 0.3) is 0 Å². The van der Waals surface area contributed by atoms with Crippen LogP contribution in [-0.4, -0.2) is 5.11 Å². The van der Waals surface area contributed by atoms with Crippen molar-refractivity contribution >= 4 is 0 Å². The van der Waals surface area contributed by atoms with Crippen molar-refractivity contribution in [2.75, 3.05) is 0 Å². The summed E-state index contributed by atoms with van der Waals surface area (Å²) in [6, 6.07) is 7.47. The third-order valence-corrected chi connectivity index (χ3v) is 2.10.